The van der Waals surface area contributed by atoms with Gasteiger partial charge in [-0.3, -0.25) is 0 Å². The summed E-state index contributed by atoms with van der Waals surface area (Å²) in [5.41, 5.74) is 0. The normalized spacial score (nSPS) is 14.5. The van der Waals surface area contributed by atoms with Crippen LogP contribution in [0.5, 0.6) is 0 Å². The first kappa shape index (κ1) is 12.3. The van der Waals surface area contributed by atoms with Crippen LogP contribution in [0.25, 0.3) is 0 Å². The molecule has 0 aromatic heterocycles. The monoisotopic (exact) mass is 233 g/mol. The van der Waals surface area contributed by atoms with Crippen molar-refractivity contribution < 1.29 is 12.6 Å². The molecule has 0 rings (SSSR count). The van der Waals surface area contributed by atoms with E-state index < -0.39 is 20.0 Å². The second-order valence-corrected chi connectivity index (χ2v) is 6.18. The SMILES string of the molecule is NS(=O)(=O)CCCCCS(=O)Cl. The molecule has 0 aliphatic carbocycles. The Morgan fingerprint density at radius 3 is 2.25 bits per heavy atom. The highest BCUT2D eigenvalue weighted by molar-refractivity contribution is 8.08. The van der Waals surface area contributed by atoms with E-state index in [0.717, 1.165) is 0 Å². The van der Waals surface area contributed by atoms with Crippen LogP contribution in [0.1, 0.15) is 19.3 Å². The molecule has 0 saturated carbocycles. The van der Waals surface area contributed by atoms with Crippen molar-refractivity contribution in [3.8, 4) is 0 Å². The number of unbranched alkanes of at least 4 members (excludes halogenated alkanes) is 2. The van der Waals surface area contributed by atoms with Gasteiger partial charge in [-0.1, -0.05) is 6.42 Å². The molecule has 1 unspecified atom stereocenters. The first-order valence-corrected chi connectivity index (χ1v) is 7.33. The maximum absolute atomic E-state index is 10.4. The average Bonchev–Trinajstić information content (AvgIpc) is 1.83. The van der Waals surface area contributed by atoms with Crippen LogP contribution < -0.4 is 5.14 Å². The van der Waals surface area contributed by atoms with Crippen LogP contribution in [0, 0.1) is 0 Å². The number of nitrogens with two attached hydrogens (primary N) is 1. The quantitative estimate of drug-likeness (QED) is 0.531. The summed E-state index contributed by atoms with van der Waals surface area (Å²) in [7, 11) is 0.544. The van der Waals surface area contributed by atoms with E-state index in [0.29, 0.717) is 25.0 Å². The zero-order valence-corrected chi connectivity index (χ0v) is 8.92. The summed E-state index contributed by atoms with van der Waals surface area (Å²) in [5, 5.41) is 4.76. The molecular formula is C5H12ClNO3S2. The number of sulfonamides is 1. The molecule has 0 spiro atoms. The van der Waals surface area contributed by atoms with Crippen LogP contribution in [0.15, 0.2) is 0 Å². The Balaban J connectivity index is 3.29. The summed E-state index contributed by atoms with van der Waals surface area (Å²) in [6, 6.07) is 0. The maximum atomic E-state index is 10.4. The summed E-state index contributed by atoms with van der Waals surface area (Å²) < 4.78 is 31.2. The molecule has 2 N–H and O–H groups in total. The highest BCUT2D eigenvalue weighted by Gasteiger charge is 2.01. The summed E-state index contributed by atoms with van der Waals surface area (Å²) in [4.78, 5) is 0. The van der Waals surface area contributed by atoms with Crippen molar-refractivity contribution in [2.45, 2.75) is 19.3 Å². The highest BCUT2D eigenvalue weighted by Crippen LogP contribution is 2.00. The lowest BCUT2D eigenvalue weighted by molar-refractivity contribution is 0.592. The van der Waals surface area contributed by atoms with Gasteiger partial charge in [-0.25, -0.2) is 17.8 Å². The van der Waals surface area contributed by atoms with E-state index in [-0.39, 0.29) is 5.75 Å². The first-order valence-electron chi connectivity index (χ1n) is 3.47. The highest BCUT2D eigenvalue weighted by atomic mass is 35.7. The fourth-order valence-corrected chi connectivity index (χ4v) is 2.06. The van der Waals surface area contributed by atoms with E-state index >= 15 is 0 Å². The molecule has 0 aromatic carbocycles. The third-order valence-electron chi connectivity index (χ3n) is 1.23. The lowest BCUT2D eigenvalue weighted by Crippen LogP contribution is -2.16. The van der Waals surface area contributed by atoms with Crippen LogP contribution in [-0.2, 0) is 20.0 Å². The Bertz CT molecular complexity index is 239. The van der Waals surface area contributed by atoms with Crippen LogP contribution in [0.2, 0.25) is 0 Å². The number of hydrogen-bond acceptors (Lipinski definition) is 3. The van der Waals surface area contributed by atoms with Gasteiger partial charge in [-0.15, -0.1) is 0 Å². The molecule has 12 heavy (non-hydrogen) atoms. The first-order chi connectivity index (χ1) is 5.42. The topological polar surface area (TPSA) is 77.2 Å². The van der Waals surface area contributed by atoms with Crippen LogP contribution in [0.4, 0.5) is 0 Å². The van der Waals surface area contributed by atoms with Crippen LogP contribution >= 0.6 is 10.7 Å². The smallest absolute Gasteiger partial charge is 0.209 e. The number of hydrogen-bond donors (Lipinski definition) is 1. The van der Waals surface area contributed by atoms with Gasteiger partial charge in [0, 0.05) is 5.75 Å². The van der Waals surface area contributed by atoms with Gasteiger partial charge in [0.25, 0.3) is 0 Å². The average molecular weight is 234 g/mol. The minimum atomic E-state index is -3.33. The Morgan fingerprint density at radius 1 is 1.25 bits per heavy atom. The van der Waals surface area contributed by atoms with Crippen molar-refractivity contribution >= 4 is 30.7 Å². The van der Waals surface area contributed by atoms with Crippen molar-refractivity contribution in [3.63, 3.8) is 0 Å². The fraction of sp³-hybridized carbons (Fsp3) is 1.00. The zero-order valence-electron chi connectivity index (χ0n) is 6.53. The van der Waals surface area contributed by atoms with Gasteiger partial charge < -0.3 is 0 Å². The van der Waals surface area contributed by atoms with Crippen molar-refractivity contribution in [1.29, 1.82) is 0 Å². The van der Waals surface area contributed by atoms with Crippen molar-refractivity contribution in [2.75, 3.05) is 11.5 Å². The molecule has 0 saturated heterocycles. The minimum Gasteiger partial charge on any atom is -0.243 e. The van der Waals surface area contributed by atoms with Gasteiger partial charge in [-0.2, -0.15) is 0 Å². The second kappa shape index (κ2) is 5.90. The minimum absolute atomic E-state index is 0.0120. The van der Waals surface area contributed by atoms with E-state index in [4.69, 9.17) is 15.8 Å². The van der Waals surface area contributed by atoms with E-state index in [1.54, 1.807) is 0 Å². The number of halogens is 1. The van der Waals surface area contributed by atoms with Crippen molar-refractivity contribution in [3.05, 3.63) is 0 Å². The fourth-order valence-electron chi connectivity index (χ4n) is 0.696. The molecule has 0 bridgehead atoms. The Hall–Kier alpha value is 0.350. The van der Waals surface area contributed by atoms with Gasteiger partial charge in [-0.05, 0) is 23.5 Å². The molecule has 7 heteroatoms. The lowest BCUT2D eigenvalue weighted by Gasteiger charge is -1.97. The molecule has 0 fully saturated rings. The summed E-state index contributed by atoms with van der Waals surface area (Å²) >= 11 is 0. The van der Waals surface area contributed by atoms with E-state index in [1.807, 2.05) is 0 Å². The molecule has 0 radical (unpaired) electrons. The largest absolute Gasteiger partial charge is 0.243 e. The summed E-state index contributed by atoms with van der Waals surface area (Å²) in [5.74, 6) is 0.397. The Kier molecular flexibility index (Phi) is 6.08. The maximum Gasteiger partial charge on any atom is 0.209 e. The molecule has 0 heterocycles. The summed E-state index contributed by atoms with van der Waals surface area (Å²) in [6.07, 6.45) is 1.87. The molecule has 0 aliphatic heterocycles. The molecule has 0 aliphatic rings. The number of primary sulfonamides is 1. The van der Waals surface area contributed by atoms with Crippen LogP contribution in [-0.4, -0.2) is 24.1 Å². The predicted octanol–water partition coefficient (Wildman–Crippen LogP) is 0.348. The lowest BCUT2D eigenvalue weighted by atomic mass is 10.3. The second-order valence-electron chi connectivity index (χ2n) is 2.42. The van der Waals surface area contributed by atoms with E-state index in [2.05, 4.69) is 0 Å². The van der Waals surface area contributed by atoms with E-state index in [9.17, 15) is 12.6 Å². The standard InChI is InChI=1S/C5H12ClNO3S2/c6-11(8)4-2-1-3-5-12(7,9)10/h1-5H2,(H2,7,9,10). The molecule has 1 atom stereocenters. The van der Waals surface area contributed by atoms with Gasteiger partial charge in [0.05, 0.1) is 5.75 Å². The molecular weight excluding hydrogens is 222 g/mol. The third kappa shape index (κ3) is 10.3. The van der Waals surface area contributed by atoms with Crippen LogP contribution in [0.3, 0.4) is 0 Å². The predicted molar refractivity (Wildman–Crippen MR) is 50.7 cm³/mol. The summed E-state index contributed by atoms with van der Waals surface area (Å²) in [6.45, 7) is 0. The third-order valence-corrected chi connectivity index (χ3v) is 3.16. The van der Waals surface area contributed by atoms with Crippen molar-refractivity contribution in [1.82, 2.24) is 0 Å². The van der Waals surface area contributed by atoms with Gasteiger partial charge in [0.2, 0.25) is 10.0 Å². The van der Waals surface area contributed by atoms with E-state index in [1.165, 1.54) is 0 Å². The van der Waals surface area contributed by atoms with Gasteiger partial charge in [0.15, 0.2) is 0 Å². The Morgan fingerprint density at radius 2 is 1.83 bits per heavy atom. The molecule has 74 valence electrons. The number of rotatable bonds is 6. The molecule has 0 amide bonds. The molecule has 0 aromatic rings. The van der Waals surface area contributed by atoms with Gasteiger partial charge >= 0.3 is 0 Å². The Labute approximate surface area is 79.5 Å². The molecule has 4 nitrogen and oxygen atoms in total. The van der Waals surface area contributed by atoms with Gasteiger partial charge in [0.1, 0.15) is 10.0 Å². The zero-order chi connectivity index (χ0) is 9.61. The van der Waals surface area contributed by atoms with Crippen molar-refractivity contribution in [2.24, 2.45) is 5.14 Å².